The first kappa shape index (κ1) is 17.3. The highest BCUT2D eigenvalue weighted by molar-refractivity contribution is 5.91. The zero-order valence-electron chi connectivity index (χ0n) is 12.8. The molecule has 1 aromatic carbocycles. The molecule has 1 aliphatic rings. The van der Waals surface area contributed by atoms with Crippen LogP contribution in [0.2, 0.25) is 0 Å². The van der Waals surface area contributed by atoms with Gasteiger partial charge < -0.3 is 15.7 Å². The molecular formula is C16H20F2N2O3. The molecule has 1 saturated carbocycles. The smallest absolute Gasteiger partial charge is 0.352 e. The molecule has 0 aliphatic heterocycles. The second-order valence-electron chi connectivity index (χ2n) is 5.86. The molecular weight excluding hydrogens is 306 g/mol. The van der Waals surface area contributed by atoms with Gasteiger partial charge in [0, 0.05) is 6.54 Å². The Balaban J connectivity index is 1.86. The fourth-order valence-electron chi connectivity index (χ4n) is 2.33. The number of nitrogens with one attached hydrogen (secondary N) is 2. The first-order valence-corrected chi connectivity index (χ1v) is 7.49. The molecule has 0 heterocycles. The van der Waals surface area contributed by atoms with E-state index in [2.05, 4.69) is 5.32 Å². The molecule has 7 heteroatoms. The standard InChI is InChI=1S/C16H20F2N2O3/c1-11(13(21)19-10-12-6-3-2-4-7-12)20-14(22)16(17,18)15(23)8-5-9-15/h2-4,6-7,11,23H,5,8-10H2,1H3,(H,19,21)(H,20,22). The molecule has 0 spiro atoms. The van der Waals surface area contributed by atoms with Crippen molar-refractivity contribution in [2.24, 2.45) is 0 Å². The average molecular weight is 326 g/mol. The molecule has 0 saturated heterocycles. The van der Waals surface area contributed by atoms with Crippen molar-refractivity contribution in [3.63, 3.8) is 0 Å². The van der Waals surface area contributed by atoms with Crippen LogP contribution in [0.15, 0.2) is 30.3 Å². The van der Waals surface area contributed by atoms with Crippen LogP contribution in [0.4, 0.5) is 8.78 Å². The van der Waals surface area contributed by atoms with Gasteiger partial charge in [0.2, 0.25) is 5.91 Å². The minimum Gasteiger partial charge on any atom is -0.383 e. The van der Waals surface area contributed by atoms with E-state index in [0.29, 0.717) is 6.42 Å². The van der Waals surface area contributed by atoms with Crippen molar-refractivity contribution in [3.05, 3.63) is 35.9 Å². The van der Waals surface area contributed by atoms with Gasteiger partial charge in [-0.25, -0.2) is 0 Å². The molecule has 1 unspecified atom stereocenters. The van der Waals surface area contributed by atoms with Gasteiger partial charge in [-0.05, 0) is 31.7 Å². The van der Waals surface area contributed by atoms with Gasteiger partial charge in [0.05, 0.1) is 0 Å². The van der Waals surface area contributed by atoms with Gasteiger partial charge in [-0.1, -0.05) is 30.3 Å². The molecule has 1 aromatic rings. The number of carbonyl (C=O) groups is 2. The molecule has 2 amide bonds. The summed E-state index contributed by atoms with van der Waals surface area (Å²) < 4.78 is 27.9. The molecule has 1 aliphatic carbocycles. The number of alkyl halides is 2. The van der Waals surface area contributed by atoms with Crippen LogP contribution < -0.4 is 10.6 Å². The Bertz CT molecular complexity index is 574. The number of amides is 2. The van der Waals surface area contributed by atoms with Crippen LogP contribution in [0.25, 0.3) is 0 Å². The zero-order valence-corrected chi connectivity index (χ0v) is 12.8. The van der Waals surface area contributed by atoms with Crippen molar-refractivity contribution in [3.8, 4) is 0 Å². The van der Waals surface area contributed by atoms with E-state index in [0.717, 1.165) is 5.56 Å². The van der Waals surface area contributed by atoms with Gasteiger partial charge in [-0.15, -0.1) is 0 Å². The van der Waals surface area contributed by atoms with Crippen molar-refractivity contribution >= 4 is 11.8 Å². The van der Waals surface area contributed by atoms with E-state index in [1.54, 1.807) is 0 Å². The number of halogens is 2. The van der Waals surface area contributed by atoms with Crippen LogP contribution in [0, 0.1) is 0 Å². The molecule has 0 radical (unpaired) electrons. The highest BCUT2D eigenvalue weighted by Crippen LogP contribution is 2.44. The van der Waals surface area contributed by atoms with Gasteiger partial charge in [0.25, 0.3) is 5.91 Å². The van der Waals surface area contributed by atoms with E-state index in [1.165, 1.54) is 6.92 Å². The van der Waals surface area contributed by atoms with Gasteiger partial charge in [-0.2, -0.15) is 8.78 Å². The lowest BCUT2D eigenvalue weighted by Crippen LogP contribution is -2.62. The first-order chi connectivity index (χ1) is 10.8. The molecule has 0 aromatic heterocycles. The average Bonchev–Trinajstić information content (AvgIpc) is 2.50. The molecule has 5 nitrogen and oxygen atoms in total. The van der Waals surface area contributed by atoms with Crippen molar-refractivity contribution < 1.29 is 23.5 Å². The maximum absolute atomic E-state index is 13.9. The summed E-state index contributed by atoms with van der Waals surface area (Å²) >= 11 is 0. The van der Waals surface area contributed by atoms with E-state index < -0.39 is 29.4 Å². The van der Waals surface area contributed by atoms with Crippen molar-refractivity contribution in [1.82, 2.24) is 10.6 Å². The summed E-state index contributed by atoms with van der Waals surface area (Å²) in [6.07, 6.45) is 0.205. The fourth-order valence-corrected chi connectivity index (χ4v) is 2.33. The Kier molecular flexibility index (Phi) is 4.99. The van der Waals surface area contributed by atoms with Gasteiger partial charge in [-0.3, -0.25) is 9.59 Å². The number of benzene rings is 1. The molecule has 0 bridgehead atoms. The highest BCUT2D eigenvalue weighted by Gasteiger charge is 2.61. The number of rotatable bonds is 6. The predicted molar refractivity (Wildman–Crippen MR) is 79.6 cm³/mol. The maximum atomic E-state index is 13.9. The Hall–Kier alpha value is -2.02. The second kappa shape index (κ2) is 6.62. The zero-order chi connectivity index (χ0) is 17.1. The topological polar surface area (TPSA) is 78.4 Å². The van der Waals surface area contributed by atoms with E-state index in [1.807, 2.05) is 35.6 Å². The van der Waals surface area contributed by atoms with Crippen LogP contribution in [-0.4, -0.2) is 34.5 Å². The predicted octanol–water partition coefficient (Wildman–Crippen LogP) is 1.36. The second-order valence-corrected chi connectivity index (χ2v) is 5.86. The first-order valence-electron chi connectivity index (χ1n) is 7.49. The SMILES string of the molecule is CC(NC(=O)C(F)(F)C1(O)CCC1)C(=O)NCc1ccccc1. The lowest BCUT2D eigenvalue weighted by atomic mass is 9.75. The lowest BCUT2D eigenvalue weighted by Gasteiger charge is -2.41. The van der Waals surface area contributed by atoms with Crippen LogP contribution >= 0.6 is 0 Å². The molecule has 23 heavy (non-hydrogen) atoms. The Morgan fingerprint density at radius 1 is 1.30 bits per heavy atom. The van der Waals surface area contributed by atoms with E-state index in [9.17, 15) is 23.5 Å². The third-order valence-electron chi connectivity index (χ3n) is 4.10. The van der Waals surface area contributed by atoms with Gasteiger partial charge >= 0.3 is 5.92 Å². The van der Waals surface area contributed by atoms with Crippen molar-refractivity contribution in [1.29, 1.82) is 0 Å². The summed E-state index contributed by atoms with van der Waals surface area (Å²) in [4.78, 5) is 23.6. The molecule has 126 valence electrons. The minimum absolute atomic E-state index is 0.123. The fraction of sp³-hybridized carbons (Fsp3) is 0.500. The van der Waals surface area contributed by atoms with Crippen LogP contribution in [-0.2, 0) is 16.1 Å². The third-order valence-corrected chi connectivity index (χ3v) is 4.10. The minimum atomic E-state index is -3.90. The summed E-state index contributed by atoms with van der Waals surface area (Å²) in [5.41, 5.74) is -1.44. The maximum Gasteiger partial charge on any atom is 0.352 e. The quantitative estimate of drug-likeness (QED) is 0.738. The Morgan fingerprint density at radius 3 is 2.43 bits per heavy atom. The summed E-state index contributed by atoms with van der Waals surface area (Å²) in [6.45, 7) is 1.55. The number of aliphatic hydroxyl groups is 1. The number of hydrogen-bond acceptors (Lipinski definition) is 3. The van der Waals surface area contributed by atoms with E-state index >= 15 is 0 Å². The molecule has 1 fully saturated rings. The van der Waals surface area contributed by atoms with Crippen LogP contribution in [0.5, 0.6) is 0 Å². The van der Waals surface area contributed by atoms with Crippen molar-refractivity contribution in [2.45, 2.75) is 50.3 Å². The van der Waals surface area contributed by atoms with Gasteiger partial charge in [0.15, 0.2) is 0 Å². The molecule has 3 N–H and O–H groups in total. The number of carbonyl (C=O) groups excluding carboxylic acids is 2. The normalized spacial score (nSPS) is 17.7. The Labute approximate surface area is 133 Å². The van der Waals surface area contributed by atoms with Gasteiger partial charge in [0.1, 0.15) is 11.6 Å². The molecule has 1 atom stereocenters. The van der Waals surface area contributed by atoms with E-state index in [-0.39, 0.29) is 19.4 Å². The highest BCUT2D eigenvalue weighted by atomic mass is 19.3. The largest absolute Gasteiger partial charge is 0.383 e. The summed E-state index contributed by atoms with van der Waals surface area (Å²) in [5, 5.41) is 14.2. The number of hydrogen-bond donors (Lipinski definition) is 3. The summed E-state index contributed by atoms with van der Waals surface area (Å²) in [7, 11) is 0. The summed E-state index contributed by atoms with van der Waals surface area (Å²) in [5.74, 6) is -6.10. The monoisotopic (exact) mass is 326 g/mol. The lowest BCUT2D eigenvalue weighted by molar-refractivity contribution is -0.216. The van der Waals surface area contributed by atoms with Crippen molar-refractivity contribution in [2.75, 3.05) is 0 Å². The molecule has 2 rings (SSSR count). The van der Waals surface area contributed by atoms with Crippen LogP contribution in [0.3, 0.4) is 0 Å². The Morgan fingerprint density at radius 2 is 1.91 bits per heavy atom. The summed E-state index contributed by atoms with van der Waals surface area (Å²) in [6, 6.07) is 7.95. The third kappa shape index (κ3) is 3.67. The van der Waals surface area contributed by atoms with E-state index in [4.69, 9.17) is 0 Å². The van der Waals surface area contributed by atoms with Crippen LogP contribution in [0.1, 0.15) is 31.7 Å².